The molecule has 110 valence electrons. The summed E-state index contributed by atoms with van der Waals surface area (Å²) < 4.78 is 33.1. The van der Waals surface area contributed by atoms with Gasteiger partial charge in [-0.25, -0.2) is 13.2 Å². The molecule has 1 atom stereocenters. The summed E-state index contributed by atoms with van der Waals surface area (Å²) in [7, 11) is -3.07. The molecule has 1 fully saturated rings. The highest BCUT2D eigenvalue weighted by molar-refractivity contribution is 7.91. The van der Waals surface area contributed by atoms with Crippen LogP contribution >= 0.6 is 0 Å². The van der Waals surface area contributed by atoms with E-state index in [9.17, 15) is 13.2 Å². The lowest BCUT2D eigenvalue weighted by atomic mass is 10.2. The lowest BCUT2D eigenvalue weighted by molar-refractivity contribution is 0.0356. The molecule has 0 saturated carbocycles. The quantitative estimate of drug-likeness (QED) is 0.658. The monoisotopic (exact) mass is 299 g/mol. The molecule has 1 aliphatic heterocycles. The second-order valence-electron chi connectivity index (χ2n) is 4.65. The van der Waals surface area contributed by atoms with Gasteiger partial charge in [-0.05, 0) is 25.5 Å². The third-order valence-electron chi connectivity index (χ3n) is 2.94. The van der Waals surface area contributed by atoms with Crippen molar-refractivity contribution in [3.8, 4) is 5.75 Å². The molecule has 2 N–H and O–H groups in total. The van der Waals surface area contributed by atoms with Crippen LogP contribution in [0.5, 0.6) is 5.75 Å². The van der Waals surface area contributed by atoms with Crippen molar-refractivity contribution < 1.29 is 22.7 Å². The smallest absolute Gasteiger partial charge is 0.338 e. The summed E-state index contributed by atoms with van der Waals surface area (Å²) in [5.41, 5.74) is 6.35. The first-order chi connectivity index (χ1) is 9.39. The molecule has 7 heteroatoms. The number of rotatable bonds is 4. The van der Waals surface area contributed by atoms with Crippen LogP contribution in [0, 0.1) is 0 Å². The van der Waals surface area contributed by atoms with Crippen LogP contribution in [0.1, 0.15) is 23.7 Å². The van der Waals surface area contributed by atoms with E-state index < -0.39 is 21.9 Å². The minimum Gasteiger partial charge on any atom is -0.494 e. The Balaban J connectivity index is 2.09. The zero-order chi connectivity index (χ0) is 14.8. The molecule has 1 unspecified atom stereocenters. The highest BCUT2D eigenvalue weighted by Crippen LogP contribution is 2.22. The molecular formula is C13H17NO5S. The van der Waals surface area contributed by atoms with Crippen molar-refractivity contribution in [1.29, 1.82) is 0 Å². The fraction of sp³-hybridized carbons (Fsp3) is 0.462. The lowest BCUT2D eigenvalue weighted by Gasteiger charge is -2.12. The van der Waals surface area contributed by atoms with Crippen LogP contribution in [0.4, 0.5) is 5.69 Å². The van der Waals surface area contributed by atoms with Crippen molar-refractivity contribution in [2.45, 2.75) is 19.4 Å². The third-order valence-corrected chi connectivity index (χ3v) is 4.68. The van der Waals surface area contributed by atoms with Crippen molar-refractivity contribution >= 4 is 21.5 Å². The van der Waals surface area contributed by atoms with Gasteiger partial charge in [-0.15, -0.1) is 0 Å². The van der Waals surface area contributed by atoms with Gasteiger partial charge in [-0.2, -0.15) is 0 Å². The molecule has 1 aliphatic rings. The molecule has 0 amide bonds. The molecule has 0 bridgehead atoms. The zero-order valence-electron chi connectivity index (χ0n) is 11.2. The van der Waals surface area contributed by atoms with E-state index in [0.717, 1.165) is 0 Å². The normalized spacial score (nSPS) is 20.6. The molecule has 6 nitrogen and oxygen atoms in total. The van der Waals surface area contributed by atoms with Crippen LogP contribution in [0.3, 0.4) is 0 Å². The van der Waals surface area contributed by atoms with Gasteiger partial charge in [0.05, 0.1) is 23.7 Å². The van der Waals surface area contributed by atoms with Gasteiger partial charge < -0.3 is 15.2 Å². The minimum absolute atomic E-state index is 0.0616. The Morgan fingerprint density at radius 2 is 2.15 bits per heavy atom. The summed E-state index contributed by atoms with van der Waals surface area (Å²) in [6.45, 7) is 2.28. The first-order valence-corrected chi connectivity index (χ1v) is 8.16. The molecule has 2 rings (SSSR count). The van der Waals surface area contributed by atoms with E-state index in [2.05, 4.69) is 0 Å². The Morgan fingerprint density at radius 1 is 1.40 bits per heavy atom. The Morgan fingerprint density at radius 3 is 2.75 bits per heavy atom. The van der Waals surface area contributed by atoms with Gasteiger partial charge in [-0.1, -0.05) is 0 Å². The average molecular weight is 299 g/mol. The van der Waals surface area contributed by atoms with Gasteiger partial charge >= 0.3 is 5.97 Å². The highest BCUT2D eigenvalue weighted by Gasteiger charge is 2.31. The van der Waals surface area contributed by atoms with E-state index in [1.165, 1.54) is 12.1 Å². The standard InChI is InChI=1S/C13H17NO5S/c1-2-18-12-6-9(5-10(14)7-12)13(15)19-11-3-4-20(16,17)8-11/h5-7,11H,2-4,8,14H2,1H3. The molecule has 1 aromatic carbocycles. The maximum atomic E-state index is 12.0. The van der Waals surface area contributed by atoms with Gasteiger partial charge in [0.25, 0.3) is 0 Å². The van der Waals surface area contributed by atoms with Gasteiger partial charge in [0, 0.05) is 11.8 Å². The number of esters is 1. The van der Waals surface area contributed by atoms with Crippen LogP contribution in [-0.2, 0) is 14.6 Å². The van der Waals surface area contributed by atoms with Crippen LogP contribution in [0.15, 0.2) is 18.2 Å². The third kappa shape index (κ3) is 3.63. The molecule has 0 spiro atoms. The maximum Gasteiger partial charge on any atom is 0.338 e. The van der Waals surface area contributed by atoms with E-state index in [1.807, 2.05) is 6.92 Å². The summed E-state index contributed by atoms with van der Waals surface area (Å²) in [5.74, 6) is -0.148. The number of nitrogen functional groups attached to an aromatic ring is 1. The first kappa shape index (κ1) is 14.6. The van der Waals surface area contributed by atoms with Crippen molar-refractivity contribution in [3.63, 3.8) is 0 Å². The number of sulfone groups is 1. The molecule has 1 aromatic rings. The van der Waals surface area contributed by atoms with Gasteiger partial charge in [0.1, 0.15) is 11.9 Å². The number of carbonyl (C=O) groups is 1. The number of carbonyl (C=O) groups excluding carboxylic acids is 1. The van der Waals surface area contributed by atoms with Crippen molar-refractivity contribution in [3.05, 3.63) is 23.8 Å². The van der Waals surface area contributed by atoms with Gasteiger partial charge in [0.2, 0.25) is 0 Å². The molecule has 0 radical (unpaired) electrons. The van der Waals surface area contributed by atoms with Crippen LogP contribution in [0.25, 0.3) is 0 Å². The largest absolute Gasteiger partial charge is 0.494 e. The minimum atomic E-state index is -3.07. The van der Waals surface area contributed by atoms with Crippen LogP contribution in [0.2, 0.25) is 0 Å². The number of anilines is 1. The number of ether oxygens (including phenoxy) is 2. The van der Waals surface area contributed by atoms with E-state index in [-0.39, 0.29) is 17.1 Å². The van der Waals surface area contributed by atoms with Gasteiger partial charge in [0.15, 0.2) is 9.84 Å². The summed E-state index contributed by atoms with van der Waals surface area (Å²) >= 11 is 0. The molecule has 0 aromatic heterocycles. The fourth-order valence-electron chi connectivity index (χ4n) is 2.06. The van der Waals surface area contributed by atoms with Crippen molar-refractivity contribution in [1.82, 2.24) is 0 Å². The summed E-state index contributed by atoms with van der Waals surface area (Å²) in [4.78, 5) is 12.0. The number of nitrogens with two attached hydrogens (primary N) is 1. The topological polar surface area (TPSA) is 95.7 Å². The Kier molecular flexibility index (Phi) is 4.17. The molecule has 1 saturated heterocycles. The van der Waals surface area contributed by atoms with Crippen LogP contribution in [-0.4, -0.2) is 38.6 Å². The Labute approximate surface area is 117 Å². The SMILES string of the molecule is CCOc1cc(N)cc(C(=O)OC2CCS(=O)(=O)C2)c1. The van der Waals surface area contributed by atoms with Crippen molar-refractivity contribution in [2.24, 2.45) is 0 Å². The Bertz CT molecular complexity index is 611. The zero-order valence-corrected chi connectivity index (χ0v) is 12.0. The predicted molar refractivity (Wildman–Crippen MR) is 74.5 cm³/mol. The molecule has 20 heavy (non-hydrogen) atoms. The summed E-state index contributed by atoms with van der Waals surface area (Å²) in [6, 6.07) is 4.63. The van der Waals surface area contributed by atoms with Crippen molar-refractivity contribution in [2.75, 3.05) is 23.8 Å². The lowest BCUT2D eigenvalue weighted by Crippen LogP contribution is -2.19. The second kappa shape index (κ2) is 5.70. The van der Waals surface area contributed by atoms with Crippen LogP contribution < -0.4 is 10.5 Å². The molecule has 0 aliphatic carbocycles. The highest BCUT2D eigenvalue weighted by atomic mass is 32.2. The maximum absolute atomic E-state index is 12.0. The number of benzene rings is 1. The predicted octanol–water partition coefficient (Wildman–Crippen LogP) is 1.01. The van der Waals surface area contributed by atoms with Gasteiger partial charge in [-0.3, -0.25) is 0 Å². The van der Waals surface area contributed by atoms with E-state index in [4.69, 9.17) is 15.2 Å². The van der Waals surface area contributed by atoms with E-state index in [1.54, 1.807) is 6.07 Å². The fourth-order valence-corrected chi connectivity index (χ4v) is 3.65. The summed E-state index contributed by atoms with van der Waals surface area (Å²) in [6.07, 6.45) is -0.237. The van der Waals surface area contributed by atoms with E-state index >= 15 is 0 Å². The average Bonchev–Trinajstić information content (AvgIpc) is 2.68. The number of hydrogen-bond acceptors (Lipinski definition) is 6. The Hall–Kier alpha value is -1.76. The number of hydrogen-bond donors (Lipinski definition) is 1. The van der Waals surface area contributed by atoms with E-state index in [0.29, 0.717) is 24.5 Å². The second-order valence-corrected chi connectivity index (χ2v) is 6.88. The molecule has 1 heterocycles. The molecular weight excluding hydrogens is 282 g/mol. The first-order valence-electron chi connectivity index (χ1n) is 6.34. The summed E-state index contributed by atoms with van der Waals surface area (Å²) in [5, 5.41) is 0.